The highest BCUT2D eigenvalue weighted by molar-refractivity contribution is 5.94. The van der Waals surface area contributed by atoms with Gasteiger partial charge in [0, 0.05) is 6.07 Å². The number of nitrogens with zero attached hydrogens (tertiary/aromatic N) is 3. The minimum atomic E-state index is -0.593. The summed E-state index contributed by atoms with van der Waals surface area (Å²) < 4.78 is 4.44. The Kier molecular flexibility index (Phi) is 2.57. The predicted octanol–water partition coefficient (Wildman–Crippen LogP) is 0.0282. The van der Waals surface area contributed by atoms with Crippen molar-refractivity contribution in [1.82, 2.24) is 10.3 Å². The largest absolute Gasteiger partial charge is 0.374 e. The molecule has 2 rings (SSSR count). The minimum absolute atomic E-state index is 0.0180. The zero-order valence-corrected chi connectivity index (χ0v) is 8.41. The van der Waals surface area contributed by atoms with Gasteiger partial charge in [0.2, 0.25) is 11.4 Å². The average Bonchev–Trinajstić information content (AvgIpc) is 2.73. The molecule has 1 aromatic carbocycles. The van der Waals surface area contributed by atoms with Crippen LogP contribution < -0.4 is 11.1 Å². The molecule has 88 valence electrons. The first-order chi connectivity index (χ1) is 8.09. The lowest BCUT2D eigenvalue weighted by Crippen LogP contribution is -2.21. The number of nitro benzene ring substituents is 1. The molecule has 0 radical (unpaired) electrons. The standard InChI is InChI=1S/C8H7N5O4/c9-6(14)3-10-4-1-2-5(13(15)16)8-7(4)11-17-12-8/h1-2,10H,3H2,(H2,9,14). The van der Waals surface area contributed by atoms with Crippen LogP contribution in [0.1, 0.15) is 0 Å². The zero-order valence-electron chi connectivity index (χ0n) is 8.41. The van der Waals surface area contributed by atoms with Gasteiger partial charge in [-0.1, -0.05) is 0 Å². The molecule has 17 heavy (non-hydrogen) atoms. The van der Waals surface area contributed by atoms with Crippen LogP contribution >= 0.6 is 0 Å². The summed E-state index contributed by atoms with van der Waals surface area (Å²) >= 11 is 0. The van der Waals surface area contributed by atoms with Crippen molar-refractivity contribution < 1.29 is 14.3 Å². The summed E-state index contributed by atoms with van der Waals surface area (Å²) in [4.78, 5) is 20.7. The highest BCUT2D eigenvalue weighted by Gasteiger charge is 2.19. The normalized spacial score (nSPS) is 10.4. The van der Waals surface area contributed by atoms with Crippen molar-refractivity contribution in [1.29, 1.82) is 0 Å². The van der Waals surface area contributed by atoms with Crippen molar-refractivity contribution >= 4 is 28.3 Å². The monoisotopic (exact) mass is 237 g/mol. The SMILES string of the molecule is NC(=O)CNc1ccc([N+](=O)[O-])c2nonc12. The number of carbonyl (C=O) groups is 1. The van der Waals surface area contributed by atoms with Crippen LogP contribution in [0.2, 0.25) is 0 Å². The predicted molar refractivity (Wildman–Crippen MR) is 56.1 cm³/mol. The molecule has 1 amide bonds. The van der Waals surface area contributed by atoms with Gasteiger partial charge in [0.25, 0.3) is 0 Å². The molecule has 0 fully saturated rings. The van der Waals surface area contributed by atoms with Crippen LogP contribution in [0, 0.1) is 10.1 Å². The highest BCUT2D eigenvalue weighted by Crippen LogP contribution is 2.28. The summed E-state index contributed by atoms with van der Waals surface area (Å²) in [7, 11) is 0. The maximum absolute atomic E-state index is 10.7. The van der Waals surface area contributed by atoms with Crippen LogP contribution in [0.3, 0.4) is 0 Å². The van der Waals surface area contributed by atoms with Crippen LogP contribution in [0.15, 0.2) is 16.8 Å². The first-order valence-corrected chi connectivity index (χ1v) is 4.51. The van der Waals surface area contributed by atoms with Gasteiger partial charge in [0.15, 0.2) is 5.52 Å². The molecule has 2 aromatic rings. The van der Waals surface area contributed by atoms with Crippen LogP contribution in [0.4, 0.5) is 11.4 Å². The summed E-state index contributed by atoms with van der Waals surface area (Å²) in [5.41, 5.74) is 5.35. The number of hydrogen-bond acceptors (Lipinski definition) is 7. The van der Waals surface area contributed by atoms with Gasteiger partial charge in [-0.15, -0.1) is 0 Å². The van der Waals surface area contributed by atoms with E-state index in [1.165, 1.54) is 12.1 Å². The molecule has 0 saturated heterocycles. The first-order valence-electron chi connectivity index (χ1n) is 4.51. The number of hydrogen-bond donors (Lipinski definition) is 2. The Balaban J connectivity index is 2.46. The highest BCUT2D eigenvalue weighted by atomic mass is 16.6. The molecule has 0 bridgehead atoms. The number of primary amides is 1. The first kappa shape index (κ1) is 10.8. The number of anilines is 1. The topological polar surface area (TPSA) is 137 Å². The van der Waals surface area contributed by atoms with Gasteiger partial charge in [-0.2, -0.15) is 0 Å². The molecular formula is C8H7N5O4. The van der Waals surface area contributed by atoms with Crippen LogP contribution in [-0.2, 0) is 4.79 Å². The van der Waals surface area contributed by atoms with Gasteiger partial charge in [-0.05, 0) is 16.4 Å². The third-order valence-corrected chi connectivity index (χ3v) is 2.04. The van der Waals surface area contributed by atoms with E-state index >= 15 is 0 Å². The number of nitro groups is 1. The molecular weight excluding hydrogens is 230 g/mol. The molecule has 9 nitrogen and oxygen atoms in total. The maximum atomic E-state index is 10.7. The van der Waals surface area contributed by atoms with Crippen molar-refractivity contribution in [3.8, 4) is 0 Å². The van der Waals surface area contributed by atoms with E-state index in [-0.39, 0.29) is 23.3 Å². The number of fused-ring (bicyclic) bond motifs is 1. The second kappa shape index (κ2) is 4.04. The van der Waals surface area contributed by atoms with Gasteiger partial charge in [-0.3, -0.25) is 14.9 Å². The van der Waals surface area contributed by atoms with Crippen molar-refractivity contribution in [2.75, 3.05) is 11.9 Å². The lowest BCUT2D eigenvalue weighted by atomic mass is 10.2. The van der Waals surface area contributed by atoms with Gasteiger partial charge in [-0.25, -0.2) is 4.63 Å². The molecule has 3 N–H and O–H groups in total. The van der Waals surface area contributed by atoms with Crippen molar-refractivity contribution in [3.63, 3.8) is 0 Å². The van der Waals surface area contributed by atoms with Crippen LogP contribution in [-0.4, -0.2) is 27.7 Å². The van der Waals surface area contributed by atoms with Gasteiger partial charge >= 0.3 is 5.69 Å². The van der Waals surface area contributed by atoms with E-state index in [0.29, 0.717) is 5.69 Å². The van der Waals surface area contributed by atoms with E-state index < -0.39 is 10.8 Å². The van der Waals surface area contributed by atoms with E-state index in [1.807, 2.05) is 0 Å². The lowest BCUT2D eigenvalue weighted by Gasteiger charge is -2.02. The van der Waals surface area contributed by atoms with E-state index in [4.69, 9.17) is 5.73 Å². The van der Waals surface area contributed by atoms with E-state index in [2.05, 4.69) is 20.3 Å². The fourth-order valence-electron chi connectivity index (χ4n) is 1.33. The number of non-ortho nitro benzene ring substituents is 1. The third kappa shape index (κ3) is 1.97. The minimum Gasteiger partial charge on any atom is -0.374 e. The van der Waals surface area contributed by atoms with Gasteiger partial charge in [0.1, 0.15) is 0 Å². The van der Waals surface area contributed by atoms with E-state index in [9.17, 15) is 14.9 Å². The Morgan fingerprint density at radius 3 is 2.82 bits per heavy atom. The van der Waals surface area contributed by atoms with Crippen molar-refractivity contribution in [3.05, 3.63) is 22.2 Å². The summed E-state index contributed by atoms with van der Waals surface area (Å²) in [5.74, 6) is -0.562. The number of amides is 1. The molecule has 0 saturated carbocycles. The fraction of sp³-hybridized carbons (Fsp3) is 0.125. The van der Waals surface area contributed by atoms with Gasteiger partial charge in [0.05, 0.1) is 17.2 Å². The Bertz CT molecular complexity index is 593. The molecule has 0 atom stereocenters. The van der Waals surface area contributed by atoms with Gasteiger partial charge < -0.3 is 11.1 Å². The van der Waals surface area contributed by atoms with Crippen molar-refractivity contribution in [2.24, 2.45) is 5.73 Å². The zero-order chi connectivity index (χ0) is 12.4. The third-order valence-electron chi connectivity index (χ3n) is 2.04. The summed E-state index contributed by atoms with van der Waals surface area (Å²) in [5, 5.41) is 20.3. The molecule has 9 heteroatoms. The number of benzene rings is 1. The smallest absolute Gasteiger partial charge is 0.300 e. The van der Waals surface area contributed by atoms with Crippen LogP contribution in [0.5, 0.6) is 0 Å². The average molecular weight is 237 g/mol. The molecule has 0 aliphatic rings. The number of nitrogens with one attached hydrogen (secondary N) is 1. The Labute approximate surface area is 93.7 Å². The quantitative estimate of drug-likeness (QED) is 0.564. The van der Waals surface area contributed by atoms with E-state index in [0.717, 1.165) is 0 Å². The molecule has 1 aromatic heterocycles. The summed E-state index contributed by atoms with van der Waals surface area (Å²) in [6, 6.07) is 2.66. The van der Waals surface area contributed by atoms with Crippen LogP contribution in [0.25, 0.3) is 11.0 Å². The number of rotatable bonds is 4. The molecule has 0 aliphatic heterocycles. The fourth-order valence-corrected chi connectivity index (χ4v) is 1.33. The second-order valence-electron chi connectivity index (χ2n) is 3.17. The number of nitrogens with two attached hydrogens (primary N) is 1. The molecule has 0 aliphatic carbocycles. The molecule has 1 heterocycles. The summed E-state index contributed by atoms with van der Waals surface area (Å²) in [6.07, 6.45) is 0. The molecule has 0 unspecified atom stereocenters. The Morgan fingerprint density at radius 1 is 1.47 bits per heavy atom. The van der Waals surface area contributed by atoms with Crippen molar-refractivity contribution in [2.45, 2.75) is 0 Å². The van der Waals surface area contributed by atoms with E-state index in [1.54, 1.807) is 0 Å². The number of aromatic nitrogens is 2. The Hall–Kier alpha value is -2.71. The lowest BCUT2D eigenvalue weighted by molar-refractivity contribution is -0.383. The second-order valence-corrected chi connectivity index (χ2v) is 3.17. The Morgan fingerprint density at radius 2 is 2.18 bits per heavy atom. The maximum Gasteiger partial charge on any atom is 0.300 e. The number of carbonyl (C=O) groups excluding carboxylic acids is 1. The summed E-state index contributed by atoms with van der Waals surface area (Å²) in [6.45, 7) is -0.111. The molecule has 0 spiro atoms.